The van der Waals surface area contributed by atoms with Gasteiger partial charge in [0.15, 0.2) is 0 Å². The van der Waals surface area contributed by atoms with E-state index in [0.29, 0.717) is 0 Å². The molecule has 0 saturated carbocycles. The van der Waals surface area contributed by atoms with Gasteiger partial charge in [-0.25, -0.2) is 0 Å². The number of piperazine rings is 1. The van der Waals surface area contributed by atoms with Gasteiger partial charge >= 0.3 is 0 Å². The molecular formula is C17H22N4O2+2. The van der Waals surface area contributed by atoms with Crippen molar-refractivity contribution >= 4 is 5.69 Å². The third-order valence-electron chi connectivity index (χ3n) is 4.42. The quantitative estimate of drug-likeness (QED) is 0.576. The number of nitrogens with zero attached hydrogens (tertiary/aromatic N) is 2. The van der Waals surface area contributed by atoms with Crippen LogP contribution in [-0.2, 0) is 13.1 Å². The minimum atomic E-state index is -0.351. The van der Waals surface area contributed by atoms with Gasteiger partial charge in [0, 0.05) is 23.9 Å². The Bertz CT molecular complexity index is 637. The van der Waals surface area contributed by atoms with Crippen LogP contribution in [-0.4, -0.2) is 36.1 Å². The minimum absolute atomic E-state index is 0.161. The maximum absolute atomic E-state index is 10.7. The largest absolute Gasteiger partial charge is 0.322 e. The fourth-order valence-electron chi connectivity index (χ4n) is 3.09. The Morgan fingerprint density at radius 3 is 2.17 bits per heavy atom. The number of nitrogens with one attached hydrogen (secondary N) is 2. The number of nitro benzene ring substituents is 1. The normalized spacial score (nSPS) is 21.0. The summed E-state index contributed by atoms with van der Waals surface area (Å²) in [6, 6.07) is 13.0. The van der Waals surface area contributed by atoms with Gasteiger partial charge in [0.2, 0.25) is 0 Å². The molecule has 2 aromatic rings. The van der Waals surface area contributed by atoms with Crippen molar-refractivity contribution in [2.24, 2.45) is 0 Å². The summed E-state index contributed by atoms with van der Waals surface area (Å²) in [5, 5.41) is 10.7. The lowest BCUT2D eigenvalue weighted by Gasteiger charge is -2.29. The average molecular weight is 314 g/mol. The van der Waals surface area contributed by atoms with E-state index in [1.807, 2.05) is 30.5 Å². The predicted octanol–water partition coefficient (Wildman–Crippen LogP) is -0.527. The van der Waals surface area contributed by atoms with Crippen LogP contribution in [0.15, 0.2) is 48.7 Å². The molecule has 0 amide bonds. The fraction of sp³-hybridized carbons (Fsp3) is 0.353. The van der Waals surface area contributed by atoms with Crippen LogP contribution < -0.4 is 9.80 Å². The van der Waals surface area contributed by atoms with E-state index in [1.165, 1.54) is 5.56 Å². The molecule has 0 radical (unpaired) electrons. The van der Waals surface area contributed by atoms with Crippen molar-refractivity contribution in [1.29, 1.82) is 0 Å². The Hall–Kier alpha value is -2.31. The number of hydrogen-bond acceptors (Lipinski definition) is 3. The molecule has 6 heteroatoms. The summed E-state index contributed by atoms with van der Waals surface area (Å²) in [5.41, 5.74) is 2.48. The molecule has 0 aliphatic carbocycles. The molecule has 1 fully saturated rings. The number of nitro groups is 1. The summed E-state index contributed by atoms with van der Waals surface area (Å²) in [6.07, 6.45) is 1.85. The summed E-state index contributed by atoms with van der Waals surface area (Å²) in [7, 11) is 0. The molecular weight excluding hydrogens is 292 g/mol. The molecule has 1 aliphatic rings. The van der Waals surface area contributed by atoms with Crippen molar-refractivity contribution in [2.45, 2.75) is 13.1 Å². The van der Waals surface area contributed by atoms with Crippen LogP contribution in [0.1, 0.15) is 11.3 Å². The molecule has 3 rings (SSSR count). The van der Waals surface area contributed by atoms with Gasteiger partial charge in [0.05, 0.1) is 10.6 Å². The number of pyridine rings is 1. The zero-order valence-electron chi connectivity index (χ0n) is 13.1. The summed E-state index contributed by atoms with van der Waals surface area (Å²) in [5.74, 6) is 0. The molecule has 1 aromatic heterocycles. The highest BCUT2D eigenvalue weighted by Gasteiger charge is 2.23. The van der Waals surface area contributed by atoms with E-state index < -0.39 is 0 Å². The van der Waals surface area contributed by atoms with Gasteiger partial charge in [-0.1, -0.05) is 6.07 Å². The van der Waals surface area contributed by atoms with Gasteiger partial charge in [-0.2, -0.15) is 0 Å². The van der Waals surface area contributed by atoms with Gasteiger partial charge in [0.1, 0.15) is 39.3 Å². The molecule has 23 heavy (non-hydrogen) atoms. The maximum atomic E-state index is 10.7. The third kappa shape index (κ3) is 4.34. The smallest absolute Gasteiger partial charge is 0.269 e. The Kier molecular flexibility index (Phi) is 4.95. The first-order valence-electron chi connectivity index (χ1n) is 8.01. The second-order valence-electron chi connectivity index (χ2n) is 6.10. The SMILES string of the molecule is O=[N+]([O-])c1ccc(C[NH+]2CC[NH+](Cc3ccccn3)CC2)cc1. The van der Waals surface area contributed by atoms with E-state index in [1.54, 1.807) is 21.9 Å². The van der Waals surface area contributed by atoms with Crippen molar-refractivity contribution in [1.82, 2.24) is 4.98 Å². The van der Waals surface area contributed by atoms with Crippen LogP contribution in [0.5, 0.6) is 0 Å². The van der Waals surface area contributed by atoms with Crippen LogP contribution in [0.2, 0.25) is 0 Å². The maximum Gasteiger partial charge on any atom is 0.269 e. The van der Waals surface area contributed by atoms with Crippen LogP contribution >= 0.6 is 0 Å². The average Bonchev–Trinajstić information content (AvgIpc) is 2.58. The first-order chi connectivity index (χ1) is 11.2. The summed E-state index contributed by atoms with van der Waals surface area (Å²) >= 11 is 0. The number of non-ortho nitro benzene ring substituents is 1. The topological polar surface area (TPSA) is 64.9 Å². The number of benzene rings is 1. The van der Waals surface area contributed by atoms with Crippen molar-refractivity contribution in [3.8, 4) is 0 Å². The molecule has 6 nitrogen and oxygen atoms in total. The Labute approximate surface area is 135 Å². The van der Waals surface area contributed by atoms with E-state index in [-0.39, 0.29) is 10.6 Å². The second-order valence-corrected chi connectivity index (χ2v) is 6.10. The third-order valence-corrected chi connectivity index (χ3v) is 4.42. The molecule has 0 atom stereocenters. The number of rotatable bonds is 5. The highest BCUT2D eigenvalue weighted by molar-refractivity contribution is 5.32. The molecule has 0 spiro atoms. The van der Waals surface area contributed by atoms with Gasteiger partial charge in [-0.3, -0.25) is 15.1 Å². The standard InChI is InChI=1S/C17H20N4O2/c22-21(23)17-6-4-15(5-7-17)13-19-9-11-20(12-10-19)14-16-3-1-2-8-18-16/h1-8H,9-14H2/p+2. The van der Waals surface area contributed by atoms with Crippen LogP contribution in [0.3, 0.4) is 0 Å². The van der Waals surface area contributed by atoms with E-state index in [2.05, 4.69) is 11.1 Å². The van der Waals surface area contributed by atoms with Gasteiger partial charge < -0.3 is 9.80 Å². The van der Waals surface area contributed by atoms with E-state index in [0.717, 1.165) is 45.0 Å². The van der Waals surface area contributed by atoms with Gasteiger partial charge in [-0.05, 0) is 24.3 Å². The molecule has 1 aromatic carbocycles. The van der Waals surface area contributed by atoms with E-state index in [9.17, 15) is 10.1 Å². The van der Waals surface area contributed by atoms with Gasteiger partial charge in [-0.15, -0.1) is 0 Å². The van der Waals surface area contributed by atoms with Crippen molar-refractivity contribution in [3.05, 3.63) is 70.0 Å². The Morgan fingerprint density at radius 1 is 0.957 bits per heavy atom. The summed E-state index contributed by atoms with van der Waals surface area (Å²) in [6.45, 7) is 6.45. The molecule has 2 N–H and O–H groups in total. The lowest BCUT2D eigenvalue weighted by atomic mass is 10.2. The van der Waals surface area contributed by atoms with Crippen molar-refractivity contribution in [2.75, 3.05) is 26.2 Å². The zero-order valence-corrected chi connectivity index (χ0v) is 13.1. The summed E-state index contributed by atoms with van der Waals surface area (Å²) in [4.78, 5) is 17.9. The number of hydrogen-bond donors (Lipinski definition) is 2. The lowest BCUT2D eigenvalue weighted by molar-refractivity contribution is -1.02. The first-order valence-corrected chi connectivity index (χ1v) is 8.01. The van der Waals surface area contributed by atoms with Crippen LogP contribution in [0.4, 0.5) is 5.69 Å². The predicted molar refractivity (Wildman–Crippen MR) is 86.1 cm³/mol. The van der Waals surface area contributed by atoms with Crippen LogP contribution in [0, 0.1) is 10.1 Å². The number of quaternary nitrogens is 2. The van der Waals surface area contributed by atoms with Crippen LogP contribution in [0.25, 0.3) is 0 Å². The van der Waals surface area contributed by atoms with Crippen molar-refractivity contribution in [3.63, 3.8) is 0 Å². The van der Waals surface area contributed by atoms with Crippen molar-refractivity contribution < 1.29 is 14.7 Å². The first kappa shape index (κ1) is 15.6. The molecule has 120 valence electrons. The minimum Gasteiger partial charge on any atom is -0.322 e. The highest BCUT2D eigenvalue weighted by atomic mass is 16.6. The molecule has 1 aliphatic heterocycles. The molecule has 0 unspecified atom stereocenters. The lowest BCUT2D eigenvalue weighted by Crippen LogP contribution is -3.27. The van der Waals surface area contributed by atoms with E-state index in [4.69, 9.17) is 0 Å². The second kappa shape index (κ2) is 7.30. The summed E-state index contributed by atoms with van der Waals surface area (Å²) < 4.78 is 0. The fourth-order valence-corrected chi connectivity index (χ4v) is 3.09. The highest BCUT2D eigenvalue weighted by Crippen LogP contribution is 2.11. The Morgan fingerprint density at radius 2 is 1.61 bits per heavy atom. The molecule has 2 heterocycles. The number of aromatic nitrogens is 1. The molecule has 0 bridgehead atoms. The monoisotopic (exact) mass is 314 g/mol. The zero-order chi connectivity index (χ0) is 16.1. The van der Waals surface area contributed by atoms with E-state index >= 15 is 0 Å². The van der Waals surface area contributed by atoms with Gasteiger partial charge in [0.25, 0.3) is 5.69 Å². The Balaban J connectivity index is 1.48. The molecule has 1 saturated heterocycles.